The van der Waals surface area contributed by atoms with Crippen LogP contribution in [0.3, 0.4) is 0 Å². The van der Waals surface area contributed by atoms with Gasteiger partial charge < -0.3 is 9.47 Å². The molecule has 0 unspecified atom stereocenters. The lowest BCUT2D eigenvalue weighted by atomic mass is 9.82. The highest BCUT2D eigenvalue weighted by atomic mass is 16.6. The van der Waals surface area contributed by atoms with E-state index in [1.807, 2.05) is 0 Å². The molecule has 2 bridgehead atoms. The summed E-state index contributed by atoms with van der Waals surface area (Å²) in [6.45, 7) is 12.6. The van der Waals surface area contributed by atoms with Crippen LogP contribution < -0.4 is 0 Å². The van der Waals surface area contributed by atoms with Gasteiger partial charge in [-0.1, -0.05) is 37.1 Å². The normalized spacial score (nSPS) is 34.4. The summed E-state index contributed by atoms with van der Waals surface area (Å²) in [5.41, 5.74) is 2.27. The van der Waals surface area contributed by atoms with Gasteiger partial charge in [0.05, 0.1) is 5.60 Å². The number of carbonyl (C=O) groups excluding carboxylic acids is 1. The van der Waals surface area contributed by atoms with Gasteiger partial charge in [-0.25, -0.2) is 0 Å². The van der Waals surface area contributed by atoms with Crippen LogP contribution in [0.1, 0.15) is 86.5 Å². The van der Waals surface area contributed by atoms with Crippen LogP contribution >= 0.6 is 0 Å². The Labute approximate surface area is 153 Å². The van der Waals surface area contributed by atoms with E-state index in [0.717, 1.165) is 44.9 Å². The minimum atomic E-state index is -0.397. The van der Waals surface area contributed by atoms with Gasteiger partial charge in [-0.15, -0.1) is 0 Å². The second kappa shape index (κ2) is 8.07. The van der Waals surface area contributed by atoms with Crippen molar-refractivity contribution >= 4 is 5.97 Å². The van der Waals surface area contributed by atoms with E-state index in [-0.39, 0.29) is 17.7 Å². The fraction of sp³-hybridized carbons (Fsp3) is 0.773. The first-order valence-electron chi connectivity index (χ1n) is 9.85. The first-order chi connectivity index (χ1) is 11.7. The van der Waals surface area contributed by atoms with Gasteiger partial charge in [0.15, 0.2) is 0 Å². The summed E-state index contributed by atoms with van der Waals surface area (Å²) in [7, 11) is 0. The summed E-state index contributed by atoms with van der Waals surface area (Å²) in [5.74, 6) is 0.222. The van der Waals surface area contributed by atoms with Gasteiger partial charge in [-0.3, -0.25) is 4.79 Å². The lowest BCUT2D eigenvalue weighted by Gasteiger charge is -2.39. The molecule has 0 amide bonds. The summed E-state index contributed by atoms with van der Waals surface area (Å²) in [4.78, 5) is 11.7. The van der Waals surface area contributed by atoms with Crippen LogP contribution in [-0.4, -0.2) is 23.3 Å². The molecule has 1 fully saturated rings. The minimum Gasteiger partial charge on any atom is -0.459 e. The third-order valence-corrected chi connectivity index (χ3v) is 6.15. The molecule has 0 saturated carbocycles. The van der Waals surface area contributed by atoms with Crippen LogP contribution in [0, 0.1) is 5.92 Å². The van der Waals surface area contributed by atoms with E-state index < -0.39 is 5.60 Å². The standard InChI is InChI=1S/C22H36O3/c1-16(2)22-13-12-18(4)9-7-8-17(3)10-11-20(24-19(5)23)21(6,25-22)14-15-22/h8,12,16,20H,7,9-11,13-15H2,1-6H3/t20-,21+,22+/m1/s1. The van der Waals surface area contributed by atoms with Gasteiger partial charge in [0.2, 0.25) is 0 Å². The average Bonchev–Trinajstić information content (AvgIpc) is 2.88. The first-order valence-corrected chi connectivity index (χ1v) is 9.85. The highest BCUT2D eigenvalue weighted by Crippen LogP contribution is 2.48. The van der Waals surface area contributed by atoms with Gasteiger partial charge in [-0.05, 0) is 71.6 Å². The van der Waals surface area contributed by atoms with E-state index in [0.29, 0.717) is 5.92 Å². The summed E-state index contributed by atoms with van der Waals surface area (Å²) >= 11 is 0. The van der Waals surface area contributed by atoms with Crippen molar-refractivity contribution in [2.24, 2.45) is 5.92 Å². The van der Waals surface area contributed by atoms with Gasteiger partial charge in [-0.2, -0.15) is 0 Å². The zero-order valence-electron chi connectivity index (χ0n) is 17.0. The van der Waals surface area contributed by atoms with Gasteiger partial charge in [0, 0.05) is 6.92 Å². The number of hydrogen-bond donors (Lipinski definition) is 0. The summed E-state index contributed by atoms with van der Waals surface area (Å²) in [6.07, 6.45) is 11.4. The predicted molar refractivity (Wildman–Crippen MR) is 102 cm³/mol. The molecule has 0 aromatic heterocycles. The molecule has 0 aliphatic carbocycles. The quantitative estimate of drug-likeness (QED) is 0.471. The number of carbonyl (C=O) groups is 1. The van der Waals surface area contributed by atoms with Gasteiger partial charge in [0.25, 0.3) is 0 Å². The SMILES string of the molecule is CC(=O)O[C@@H]1CCC(C)=CCCC(C)=CC[C@@]2(C(C)C)CC[C@]1(C)O2. The first kappa shape index (κ1) is 20.2. The summed E-state index contributed by atoms with van der Waals surface area (Å²) in [5, 5.41) is 0. The fourth-order valence-corrected chi connectivity index (χ4v) is 4.18. The molecule has 0 aromatic carbocycles. The molecule has 2 aliphatic rings. The van der Waals surface area contributed by atoms with Gasteiger partial charge in [0.1, 0.15) is 11.7 Å². The Hall–Kier alpha value is -1.09. The zero-order valence-corrected chi connectivity index (χ0v) is 17.0. The lowest BCUT2D eigenvalue weighted by molar-refractivity contribution is -0.186. The number of rotatable bonds is 2. The third-order valence-electron chi connectivity index (χ3n) is 6.15. The Morgan fingerprint density at radius 2 is 1.88 bits per heavy atom. The van der Waals surface area contributed by atoms with E-state index in [2.05, 4.69) is 46.8 Å². The number of fused-ring (bicyclic) bond motifs is 2. The second-order valence-electron chi connectivity index (χ2n) is 8.61. The molecule has 0 N–H and O–H groups in total. The van der Waals surface area contributed by atoms with Crippen molar-refractivity contribution in [2.75, 3.05) is 0 Å². The number of allylic oxidation sites excluding steroid dienone is 3. The molecule has 3 atom stereocenters. The maximum absolute atomic E-state index is 11.7. The van der Waals surface area contributed by atoms with Crippen LogP contribution in [0.2, 0.25) is 0 Å². The number of ether oxygens (including phenoxy) is 2. The van der Waals surface area contributed by atoms with E-state index >= 15 is 0 Å². The highest BCUT2D eigenvalue weighted by molar-refractivity contribution is 5.66. The molecule has 3 heteroatoms. The molecule has 2 heterocycles. The molecule has 0 aromatic rings. The molecule has 25 heavy (non-hydrogen) atoms. The number of esters is 1. The molecular formula is C22H36O3. The topological polar surface area (TPSA) is 35.5 Å². The van der Waals surface area contributed by atoms with E-state index in [1.54, 1.807) is 0 Å². The van der Waals surface area contributed by atoms with Gasteiger partial charge >= 0.3 is 5.97 Å². The van der Waals surface area contributed by atoms with Crippen molar-refractivity contribution in [1.29, 1.82) is 0 Å². The fourth-order valence-electron chi connectivity index (χ4n) is 4.18. The van der Waals surface area contributed by atoms with Crippen LogP contribution in [0.25, 0.3) is 0 Å². The summed E-state index contributed by atoms with van der Waals surface area (Å²) in [6, 6.07) is 0. The Kier molecular flexibility index (Phi) is 6.53. The Morgan fingerprint density at radius 1 is 1.20 bits per heavy atom. The molecule has 142 valence electrons. The third kappa shape index (κ3) is 4.97. The Morgan fingerprint density at radius 3 is 2.52 bits per heavy atom. The van der Waals surface area contributed by atoms with Crippen molar-refractivity contribution in [3.8, 4) is 0 Å². The summed E-state index contributed by atoms with van der Waals surface area (Å²) < 4.78 is 12.5. The molecule has 2 aliphatic heterocycles. The average molecular weight is 349 g/mol. The molecule has 2 rings (SSSR count). The maximum Gasteiger partial charge on any atom is 0.303 e. The minimum absolute atomic E-state index is 0.148. The molecule has 0 spiro atoms. The Bertz CT molecular complexity index is 545. The van der Waals surface area contributed by atoms with E-state index in [1.165, 1.54) is 18.1 Å². The van der Waals surface area contributed by atoms with E-state index in [9.17, 15) is 4.79 Å². The van der Waals surface area contributed by atoms with E-state index in [4.69, 9.17) is 9.47 Å². The maximum atomic E-state index is 11.7. The largest absolute Gasteiger partial charge is 0.459 e. The van der Waals surface area contributed by atoms with Crippen molar-refractivity contribution in [3.63, 3.8) is 0 Å². The second-order valence-corrected chi connectivity index (χ2v) is 8.61. The van der Waals surface area contributed by atoms with Crippen molar-refractivity contribution < 1.29 is 14.3 Å². The van der Waals surface area contributed by atoms with Crippen molar-refractivity contribution in [1.82, 2.24) is 0 Å². The molecule has 1 saturated heterocycles. The van der Waals surface area contributed by atoms with Crippen LogP contribution in [0.15, 0.2) is 23.3 Å². The zero-order chi connectivity index (χ0) is 18.7. The smallest absolute Gasteiger partial charge is 0.303 e. The Balaban J connectivity index is 2.35. The van der Waals surface area contributed by atoms with Crippen LogP contribution in [0.5, 0.6) is 0 Å². The molecular weight excluding hydrogens is 312 g/mol. The van der Waals surface area contributed by atoms with Crippen molar-refractivity contribution in [2.45, 2.75) is 104 Å². The monoisotopic (exact) mass is 348 g/mol. The molecule has 3 nitrogen and oxygen atoms in total. The predicted octanol–water partition coefficient (Wildman–Crippen LogP) is 5.74. The van der Waals surface area contributed by atoms with Crippen molar-refractivity contribution in [3.05, 3.63) is 23.3 Å². The van der Waals surface area contributed by atoms with Crippen LogP contribution in [-0.2, 0) is 14.3 Å². The molecule has 0 radical (unpaired) electrons. The van der Waals surface area contributed by atoms with Crippen LogP contribution in [0.4, 0.5) is 0 Å². The highest BCUT2D eigenvalue weighted by Gasteiger charge is 2.52. The number of hydrogen-bond acceptors (Lipinski definition) is 3. The lowest BCUT2D eigenvalue weighted by Crippen LogP contribution is -2.46.